The van der Waals surface area contributed by atoms with Crippen LogP contribution in [0.1, 0.15) is 30.5 Å². The number of fused-ring (bicyclic) bond motifs is 1. The van der Waals surface area contributed by atoms with Crippen LogP contribution in [-0.4, -0.2) is 6.61 Å². The van der Waals surface area contributed by atoms with Crippen molar-refractivity contribution in [3.63, 3.8) is 0 Å². The van der Waals surface area contributed by atoms with E-state index >= 15 is 0 Å². The van der Waals surface area contributed by atoms with Gasteiger partial charge in [0, 0.05) is 12.1 Å². The van der Waals surface area contributed by atoms with Gasteiger partial charge in [-0.25, -0.2) is 4.39 Å². The van der Waals surface area contributed by atoms with Crippen LogP contribution in [-0.2, 0) is 6.42 Å². The van der Waals surface area contributed by atoms with Crippen molar-refractivity contribution < 1.29 is 9.13 Å². The van der Waals surface area contributed by atoms with Gasteiger partial charge in [0.05, 0.1) is 12.6 Å². The molecule has 0 spiro atoms. The lowest BCUT2D eigenvalue weighted by atomic mass is 10.0. The van der Waals surface area contributed by atoms with Gasteiger partial charge in [0.25, 0.3) is 0 Å². The summed E-state index contributed by atoms with van der Waals surface area (Å²) in [5.41, 5.74) is 3.47. The lowest BCUT2D eigenvalue weighted by Gasteiger charge is -2.19. The molecule has 0 fully saturated rings. The molecule has 1 unspecified atom stereocenters. The highest BCUT2D eigenvalue weighted by molar-refractivity contribution is 5.47. The minimum absolute atomic E-state index is 0.210. The molecule has 0 amide bonds. The normalized spacial score (nSPS) is 14.5. The Morgan fingerprint density at radius 1 is 1.20 bits per heavy atom. The number of anilines is 1. The van der Waals surface area contributed by atoms with Crippen molar-refractivity contribution in [3.05, 3.63) is 59.4 Å². The summed E-state index contributed by atoms with van der Waals surface area (Å²) in [7, 11) is 0. The average Bonchev–Trinajstić information content (AvgIpc) is 2.94. The molecule has 20 heavy (non-hydrogen) atoms. The van der Waals surface area contributed by atoms with Crippen LogP contribution in [0.15, 0.2) is 42.5 Å². The van der Waals surface area contributed by atoms with E-state index in [0.29, 0.717) is 0 Å². The van der Waals surface area contributed by atoms with Crippen LogP contribution in [0.3, 0.4) is 0 Å². The third kappa shape index (κ3) is 2.62. The van der Waals surface area contributed by atoms with Crippen molar-refractivity contribution in [2.45, 2.75) is 25.8 Å². The van der Waals surface area contributed by atoms with E-state index in [-0.39, 0.29) is 11.9 Å². The zero-order valence-electron chi connectivity index (χ0n) is 11.5. The highest BCUT2D eigenvalue weighted by atomic mass is 19.1. The number of halogens is 1. The summed E-state index contributed by atoms with van der Waals surface area (Å²) in [6, 6.07) is 13.1. The second-order valence-corrected chi connectivity index (χ2v) is 5.08. The number of benzene rings is 2. The van der Waals surface area contributed by atoms with E-state index < -0.39 is 0 Å². The maximum absolute atomic E-state index is 12.9. The highest BCUT2D eigenvalue weighted by Crippen LogP contribution is 2.30. The molecular formula is C17H18FNO. The molecule has 0 aromatic heterocycles. The number of rotatable bonds is 4. The van der Waals surface area contributed by atoms with Crippen molar-refractivity contribution in [2.24, 2.45) is 0 Å². The molecule has 1 N–H and O–H groups in total. The van der Waals surface area contributed by atoms with Crippen LogP contribution in [0, 0.1) is 5.82 Å². The molecule has 0 aliphatic carbocycles. The van der Waals surface area contributed by atoms with E-state index in [2.05, 4.69) is 24.4 Å². The predicted molar refractivity (Wildman–Crippen MR) is 78.7 cm³/mol. The van der Waals surface area contributed by atoms with Crippen LogP contribution >= 0.6 is 0 Å². The molecule has 2 aromatic carbocycles. The van der Waals surface area contributed by atoms with Gasteiger partial charge in [-0.1, -0.05) is 13.0 Å². The van der Waals surface area contributed by atoms with E-state index in [1.807, 2.05) is 6.07 Å². The molecule has 3 heteroatoms. The quantitative estimate of drug-likeness (QED) is 0.894. The fourth-order valence-corrected chi connectivity index (χ4v) is 2.59. The zero-order valence-corrected chi connectivity index (χ0v) is 11.5. The van der Waals surface area contributed by atoms with E-state index in [1.165, 1.54) is 23.3 Å². The molecule has 104 valence electrons. The fourth-order valence-electron chi connectivity index (χ4n) is 2.59. The summed E-state index contributed by atoms with van der Waals surface area (Å²) >= 11 is 0. The summed E-state index contributed by atoms with van der Waals surface area (Å²) in [6.07, 6.45) is 1.95. The van der Waals surface area contributed by atoms with E-state index in [0.717, 1.165) is 30.9 Å². The van der Waals surface area contributed by atoms with E-state index in [4.69, 9.17) is 4.74 Å². The first-order valence-electron chi connectivity index (χ1n) is 7.04. The average molecular weight is 271 g/mol. The molecule has 0 saturated carbocycles. The summed E-state index contributed by atoms with van der Waals surface area (Å²) < 4.78 is 18.5. The summed E-state index contributed by atoms with van der Waals surface area (Å²) in [5, 5.41) is 3.46. The van der Waals surface area contributed by atoms with Gasteiger partial charge in [-0.05, 0) is 53.9 Å². The first-order valence-corrected chi connectivity index (χ1v) is 7.04. The second kappa shape index (κ2) is 5.53. The van der Waals surface area contributed by atoms with Gasteiger partial charge in [-0.15, -0.1) is 0 Å². The SMILES string of the molecule is CCC(Nc1ccc(F)cc1)c1ccc2c(c1)CCO2. The molecule has 3 rings (SSSR count). The van der Waals surface area contributed by atoms with Crippen molar-refractivity contribution in [2.75, 3.05) is 11.9 Å². The van der Waals surface area contributed by atoms with Crippen molar-refractivity contribution >= 4 is 5.69 Å². The minimum atomic E-state index is -0.210. The van der Waals surface area contributed by atoms with Crippen LogP contribution in [0.2, 0.25) is 0 Å². The largest absolute Gasteiger partial charge is 0.493 e. The maximum atomic E-state index is 12.9. The molecule has 1 aliphatic rings. The topological polar surface area (TPSA) is 21.3 Å². The highest BCUT2D eigenvalue weighted by Gasteiger charge is 2.16. The lowest BCUT2D eigenvalue weighted by Crippen LogP contribution is -2.09. The molecule has 0 saturated heterocycles. The number of nitrogens with one attached hydrogen (secondary N) is 1. The van der Waals surface area contributed by atoms with E-state index in [1.54, 1.807) is 12.1 Å². The predicted octanol–water partition coefficient (Wildman–Crippen LogP) is 4.32. The zero-order chi connectivity index (χ0) is 13.9. The Morgan fingerprint density at radius 3 is 2.75 bits per heavy atom. The Labute approximate surface area is 118 Å². The van der Waals surface area contributed by atoms with Crippen LogP contribution in [0.4, 0.5) is 10.1 Å². The van der Waals surface area contributed by atoms with Crippen LogP contribution in [0.25, 0.3) is 0 Å². The molecule has 2 aromatic rings. The smallest absolute Gasteiger partial charge is 0.123 e. The first-order chi connectivity index (χ1) is 9.76. The van der Waals surface area contributed by atoms with Crippen molar-refractivity contribution in [1.82, 2.24) is 0 Å². The van der Waals surface area contributed by atoms with Gasteiger partial charge in [-0.2, -0.15) is 0 Å². The monoisotopic (exact) mass is 271 g/mol. The first kappa shape index (κ1) is 13.0. The third-order valence-electron chi connectivity index (χ3n) is 3.71. The maximum Gasteiger partial charge on any atom is 0.123 e. The van der Waals surface area contributed by atoms with Crippen LogP contribution < -0.4 is 10.1 Å². The van der Waals surface area contributed by atoms with Gasteiger partial charge >= 0.3 is 0 Å². The third-order valence-corrected chi connectivity index (χ3v) is 3.71. The number of ether oxygens (including phenoxy) is 1. The molecule has 0 bridgehead atoms. The Kier molecular flexibility index (Phi) is 3.59. The second-order valence-electron chi connectivity index (χ2n) is 5.08. The lowest BCUT2D eigenvalue weighted by molar-refractivity contribution is 0.357. The molecule has 1 heterocycles. The molecule has 1 aliphatic heterocycles. The Morgan fingerprint density at radius 2 is 2.00 bits per heavy atom. The Bertz CT molecular complexity index is 594. The number of hydrogen-bond acceptors (Lipinski definition) is 2. The molecule has 1 atom stereocenters. The molecule has 2 nitrogen and oxygen atoms in total. The van der Waals surface area contributed by atoms with Crippen LogP contribution in [0.5, 0.6) is 5.75 Å². The summed E-state index contributed by atoms with van der Waals surface area (Å²) in [5.74, 6) is 0.795. The Balaban J connectivity index is 1.81. The molecule has 0 radical (unpaired) electrons. The summed E-state index contributed by atoms with van der Waals surface area (Å²) in [4.78, 5) is 0. The fraction of sp³-hybridized carbons (Fsp3) is 0.294. The molecular weight excluding hydrogens is 253 g/mol. The van der Waals surface area contributed by atoms with Gasteiger partial charge in [0.2, 0.25) is 0 Å². The van der Waals surface area contributed by atoms with Gasteiger partial charge in [-0.3, -0.25) is 0 Å². The standard InChI is InChI=1S/C17H18FNO/c1-2-16(19-15-6-4-14(18)5-7-15)12-3-8-17-13(11-12)9-10-20-17/h3-8,11,16,19H,2,9-10H2,1H3. The Hall–Kier alpha value is -2.03. The van der Waals surface area contributed by atoms with Crippen molar-refractivity contribution in [1.29, 1.82) is 0 Å². The van der Waals surface area contributed by atoms with Gasteiger partial charge in [0.15, 0.2) is 0 Å². The van der Waals surface area contributed by atoms with Crippen molar-refractivity contribution in [3.8, 4) is 5.75 Å². The minimum Gasteiger partial charge on any atom is -0.493 e. The summed E-state index contributed by atoms with van der Waals surface area (Å²) in [6.45, 7) is 2.92. The number of hydrogen-bond donors (Lipinski definition) is 1. The van der Waals surface area contributed by atoms with Gasteiger partial charge < -0.3 is 10.1 Å². The van der Waals surface area contributed by atoms with E-state index in [9.17, 15) is 4.39 Å². The van der Waals surface area contributed by atoms with Gasteiger partial charge in [0.1, 0.15) is 11.6 Å².